The van der Waals surface area contributed by atoms with Gasteiger partial charge in [0.05, 0.1) is 11.0 Å². The van der Waals surface area contributed by atoms with E-state index in [1.54, 1.807) is 6.92 Å². The molecule has 0 saturated heterocycles. The number of hydrogen-bond acceptors (Lipinski definition) is 3. The van der Waals surface area contributed by atoms with Crippen molar-refractivity contribution < 1.29 is 8.42 Å². The van der Waals surface area contributed by atoms with Crippen molar-refractivity contribution in [2.75, 3.05) is 12.3 Å². The molecule has 4 heteroatoms. The van der Waals surface area contributed by atoms with Crippen molar-refractivity contribution >= 4 is 9.84 Å². The number of benzene rings is 1. The van der Waals surface area contributed by atoms with E-state index in [0.717, 1.165) is 17.7 Å². The van der Waals surface area contributed by atoms with Gasteiger partial charge in [0.1, 0.15) is 0 Å². The lowest BCUT2D eigenvalue weighted by Crippen LogP contribution is -2.32. The minimum Gasteiger partial charge on any atom is -0.309 e. The lowest BCUT2D eigenvalue weighted by atomic mass is 10.0. The SMILES string of the molecule is CCNC(CS(=O)(=O)C(C)CC)c1ccc(C)cc1C. The number of nitrogens with one attached hydrogen (secondary N) is 1. The van der Waals surface area contributed by atoms with E-state index in [-0.39, 0.29) is 17.0 Å². The van der Waals surface area contributed by atoms with Crippen molar-refractivity contribution in [3.63, 3.8) is 0 Å². The molecule has 2 unspecified atom stereocenters. The molecule has 3 nitrogen and oxygen atoms in total. The van der Waals surface area contributed by atoms with Crippen molar-refractivity contribution in [3.8, 4) is 0 Å². The number of aryl methyl sites for hydroxylation is 2. The Kier molecular flexibility index (Phi) is 6.21. The Labute approximate surface area is 123 Å². The summed E-state index contributed by atoms with van der Waals surface area (Å²) in [7, 11) is -3.07. The summed E-state index contributed by atoms with van der Waals surface area (Å²) in [6.07, 6.45) is 0.661. The maximum absolute atomic E-state index is 12.4. The van der Waals surface area contributed by atoms with E-state index >= 15 is 0 Å². The fourth-order valence-corrected chi connectivity index (χ4v) is 3.97. The fourth-order valence-electron chi connectivity index (χ4n) is 2.37. The minimum atomic E-state index is -3.07. The van der Waals surface area contributed by atoms with E-state index in [1.165, 1.54) is 5.56 Å². The normalized spacial score (nSPS) is 15.1. The highest BCUT2D eigenvalue weighted by Crippen LogP contribution is 2.22. The molecule has 1 aromatic rings. The van der Waals surface area contributed by atoms with E-state index < -0.39 is 9.84 Å². The van der Waals surface area contributed by atoms with Gasteiger partial charge in [0.25, 0.3) is 0 Å². The first-order valence-corrected chi connectivity index (χ1v) is 9.05. The van der Waals surface area contributed by atoms with Crippen LogP contribution < -0.4 is 5.32 Å². The summed E-state index contributed by atoms with van der Waals surface area (Å²) in [5, 5.41) is 3.03. The molecule has 0 fully saturated rings. The average Bonchev–Trinajstić information content (AvgIpc) is 2.37. The molecule has 0 bridgehead atoms. The first-order chi connectivity index (χ1) is 9.31. The van der Waals surface area contributed by atoms with Gasteiger partial charge >= 0.3 is 0 Å². The summed E-state index contributed by atoms with van der Waals surface area (Å²) in [5.74, 6) is 0.166. The van der Waals surface area contributed by atoms with Gasteiger partial charge in [-0.05, 0) is 44.9 Å². The number of hydrogen-bond donors (Lipinski definition) is 1. The second-order valence-corrected chi connectivity index (χ2v) is 7.98. The van der Waals surface area contributed by atoms with Crippen LogP contribution in [0, 0.1) is 13.8 Å². The van der Waals surface area contributed by atoms with Gasteiger partial charge in [-0.15, -0.1) is 0 Å². The lowest BCUT2D eigenvalue weighted by Gasteiger charge is -2.22. The standard InChI is InChI=1S/C16H27NO2S/c1-6-14(5)20(18,19)11-16(17-7-2)15-9-8-12(3)10-13(15)4/h8-10,14,16-17H,6-7,11H2,1-5H3. The molecular weight excluding hydrogens is 270 g/mol. The third-order valence-corrected chi connectivity index (χ3v) is 6.20. The van der Waals surface area contributed by atoms with E-state index in [0.29, 0.717) is 6.42 Å². The summed E-state index contributed by atoms with van der Waals surface area (Å²) in [5.41, 5.74) is 3.44. The zero-order chi connectivity index (χ0) is 15.3. The van der Waals surface area contributed by atoms with Gasteiger partial charge < -0.3 is 5.32 Å². The Balaban J connectivity index is 3.06. The first-order valence-electron chi connectivity index (χ1n) is 7.33. The summed E-state index contributed by atoms with van der Waals surface area (Å²) < 4.78 is 24.7. The van der Waals surface area contributed by atoms with Crippen molar-refractivity contribution in [2.24, 2.45) is 0 Å². The molecule has 0 aliphatic rings. The van der Waals surface area contributed by atoms with Crippen molar-refractivity contribution in [3.05, 3.63) is 34.9 Å². The van der Waals surface area contributed by atoms with Gasteiger partial charge in [-0.1, -0.05) is 37.6 Å². The summed E-state index contributed by atoms with van der Waals surface area (Å²) in [6, 6.07) is 6.07. The molecule has 0 saturated carbocycles. The van der Waals surface area contributed by atoms with Crippen molar-refractivity contribution in [1.82, 2.24) is 5.32 Å². The Morgan fingerprint density at radius 2 is 1.85 bits per heavy atom. The molecule has 0 heterocycles. The van der Waals surface area contributed by atoms with Crippen LogP contribution >= 0.6 is 0 Å². The van der Waals surface area contributed by atoms with Crippen LogP contribution in [0.5, 0.6) is 0 Å². The second kappa shape index (κ2) is 7.23. The Morgan fingerprint density at radius 1 is 1.20 bits per heavy atom. The van der Waals surface area contributed by atoms with Crippen LogP contribution in [-0.2, 0) is 9.84 Å². The second-order valence-electron chi connectivity index (χ2n) is 5.52. The predicted octanol–water partition coefficient (Wildman–Crippen LogP) is 3.17. The van der Waals surface area contributed by atoms with E-state index in [4.69, 9.17) is 0 Å². The molecule has 0 aliphatic heterocycles. The Hall–Kier alpha value is -0.870. The summed E-state index contributed by atoms with van der Waals surface area (Å²) in [6.45, 7) is 10.6. The molecule has 1 aromatic carbocycles. The Bertz CT molecular complexity index is 537. The number of sulfone groups is 1. The van der Waals surface area contributed by atoms with Gasteiger partial charge in [-0.25, -0.2) is 8.42 Å². The molecule has 114 valence electrons. The third kappa shape index (κ3) is 4.32. The molecular formula is C16H27NO2S. The van der Waals surface area contributed by atoms with Crippen molar-refractivity contribution in [2.45, 2.75) is 52.3 Å². The summed E-state index contributed by atoms with van der Waals surface area (Å²) in [4.78, 5) is 0. The quantitative estimate of drug-likeness (QED) is 0.841. The monoisotopic (exact) mass is 297 g/mol. The minimum absolute atomic E-state index is 0.125. The molecule has 1 rings (SSSR count). The molecule has 0 radical (unpaired) electrons. The van der Waals surface area contributed by atoms with Crippen molar-refractivity contribution in [1.29, 1.82) is 0 Å². The van der Waals surface area contributed by atoms with Gasteiger partial charge in [0.15, 0.2) is 9.84 Å². The maximum atomic E-state index is 12.4. The highest BCUT2D eigenvalue weighted by atomic mass is 32.2. The van der Waals surface area contributed by atoms with Crippen LogP contribution in [0.3, 0.4) is 0 Å². The van der Waals surface area contributed by atoms with Gasteiger partial charge in [-0.3, -0.25) is 0 Å². The van der Waals surface area contributed by atoms with Crippen LogP contribution in [0.1, 0.15) is 49.9 Å². The van der Waals surface area contributed by atoms with Gasteiger partial charge in [-0.2, -0.15) is 0 Å². The van der Waals surface area contributed by atoms with Crippen LogP contribution in [0.4, 0.5) is 0 Å². The van der Waals surface area contributed by atoms with Gasteiger partial charge in [0, 0.05) is 6.04 Å². The smallest absolute Gasteiger partial charge is 0.154 e. The summed E-state index contributed by atoms with van der Waals surface area (Å²) >= 11 is 0. The highest BCUT2D eigenvalue weighted by Gasteiger charge is 2.25. The van der Waals surface area contributed by atoms with Crippen LogP contribution in [0.2, 0.25) is 0 Å². The molecule has 0 aromatic heterocycles. The van der Waals surface area contributed by atoms with E-state index in [2.05, 4.69) is 18.3 Å². The molecule has 0 aliphatic carbocycles. The molecule has 20 heavy (non-hydrogen) atoms. The lowest BCUT2D eigenvalue weighted by molar-refractivity contribution is 0.548. The van der Waals surface area contributed by atoms with E-state index in [9.17, 15) is 8.42 Å². The van der Waals surface area contributed by atoms with E-state index in [1.807, 2.05) is 32.9 Å². The Morgan fingerprint density at radius 3 is 2.35 bits per heavy atom. The van der Waals surface area contributed by atoms with Crippen LogP contribution in [0.15, 0.2) is 18.2 Å². The third-order valence-electron chi connectivity index (χ3n) is 3.84. The molecule has 0 spiro atoms. The fraction of sp³-hybridized carbons (Fsp3) is 0.625. The molecule has 2 atom stereocenters. The molecule has 0 amide bonds. The predicted molar refractivity (Wildman–Crippen MR) is 85.9 cm³/mol. The van der Waals surface area contributed by atoms with Crippen LogP contribution in [-0.4, -0.2) is 26.0 Å². The number of rotatable bonds is 7. The maximum Gasteiger partial charge on any atom is 0.154 e. The largest absolute Gasteiger partial charge is 0.309 e. The van der Waals surface area contributed by atoms with Gasteiger partial charge in [0.2, 0.25) is 0 Å². The zero-order valence-corrected chi connectivity index (χ0v) is 14.0. The zero-order valence-electron chi connectivity index (χ0n) is 13.2. The average molecular weight is 297 g/mol. The van der Waals surface area contributed by atoms with Crippen LogP contribution in [0.25, 0.3) is 0 Å². The molecule has 1 N–H and O–H groups in total. The topological polar surface area (TPSA) is 46.2 Å². The first kappa shape index (κ1) is 17.2. The highest BCUT2D eigenvalue weighted by molar-refractivity contribution is 7.92.